The zero-order valence-corrected chi connectivity index (χ0v) is 12.9. The highest BCUT2D eigenvalue weighted by molar-refractivity contribution is 5.04. The highest BCUT2D eigenvalue weighted by Gasteiger charge is 2.29. The molecule has 1 heterocycles. The molecule has 7 nitrogen and oxygen atoms in total. The standard InChI is InChI=1S/C14H23N3O4/c1-4-20-11(21-5-2)8-9-17-13(18)15-12(10-6-7-10)16(3)14(17)19/h10-11H,4-9H2,1-3H3. The molecule has 0 aromatic carbocycles. The van der Waals surface area contributed by atoms with E-state index in [4.69, 9.17) is 9.47 Å². The maximum Gasteiger partial charge on any atom is 0.353 e. The van der Waals surface area contributed by atoms with Crippen LogP contribution in [0.2, 0.25) is 0 Å². The van der Waals surface area contributed by atoms with E-state index in [1.54, 1.807) is 7.05 Å². The summed E-state index contributed by atoms with van der Waals surface area (Å²) in [6.45, 7) is 5.05. The Morgan fingerprint density at radius 1 is 1.24 bits per heavy atom. The molecule has 0 spiro atoms. The minimum absolute atomic E-state index is 0.244. The van der Waals surface area contributed by atoms with Crippen LogP contribution in [0.3, 0.4) is 0 Å². The van der Waals surface area contributed by atoms with Gasteiger partial charge in [0.25, 0.3) is 0 Å². The molecule has 1 saturated carbocycles. The molecule has 118 valence electrons. The van der Waals surface area contributed by atoms with Gasteiger partial charge >= 0.3 is 11.4 Å². The van der Waals surface area contributed by atoms with Crippen LogP contribution in [0.15, 0.2) is 9.59 Å². The van der Waals surface area contributed by atoms with Gasteiger partial charge in [-0.3, -0.25) is 4.57 Å². The number of nitrogens with zero attached hydrogens (tertiary/aromatic N) is 3. The van der Waals surface area contributed by atoms with E-state index in [1.165, 1.54) is 4.57 Å². The summed E-state index contributed by atoms with van der Waals surface area (Å²) < 4.78 is 13.5. The molecule has 1 aromatic heterocycles. The Hall–Kier alpha value is -1.47. The topological polar surface area (TPSA) is 75.4 Å². The van der Waals surface area contributed by atoms with Crippen molar-refractivity contribution in [2.24, 2.45) is 7.05 Å². The Labute approximate surface area is 123 Å². The Balaban J connectivity index is 2.14. The summed E-state index contributed by atoms with van der Waals surface area (Å²) >= 11 is 0. The fourth-order valence-electron chi connectivity index (χ4n) is 2.31. The van der Waals surface area contributed by atoms with E-state index in [2.05, 4.69) is 4.98 Å². The van der Waals surface area contributed by atoms with Gasteiger partial charge in [-0.15, -0.1) is 0 Å². The summed E-state index contributed by atoms with van der Waals surface area (Å²) in [7, 11) is 1.67. The Bertz CT molecular complexity index is 583. The third-order valence-electron chi connectivity index (χ3n) is 3.54. The number of ether oxygens (including phenoxy) is 2. The van der Waals surface area contributed by atoms with Gasteiger partial charge in [0.1, 0.15) is 5.82 Å². The van der Waals surface area contributed by atoms with Crippen LogP contribution in [0.25, 0.3) is 0 Å². The van der Waals surface area contributed by atoms with Crippen molar-refractivity contribution < 1.29 is 9.47 Å². The van der Waals surface area contributed by atoms with E-state index in [9.17, 15) is 9.59 Å². The van der Waals surface area contributed by atoms with Crippen LogP contribution < -0.4 is 11.4 Å². The van der Waals surface area contributed by atoms with Crippen molar-refractivity contribution in [3.05, 3.63) is 26.8 Å². The predicted molar refractivity (Wildman–Crippen MR) is 77.4 cm³/mol. The molecular formula is C14H23N3O4. The molecule has 1 aliphatic rings. The second-order valence-corrected chi connectivity index (χ2v) is 5.15. The zero-order valence-electron chi connectivity index (χ0n) is 12.9. The SMILES string of the molecule is CCOC(CCn1c(=O)nc(C2CC2)n(C)c1=O)OCC. The molecule has 0 aliphatic heterocycles. The van der Waals surface area contributed by atoms with Crippen LogP contribution in [-0.2, 0) is 23.1 Å². The lowest BCUT2D eigenvalue weighted by molar-refractivity contribution is -0.141. The van der Waals surface area contributed by atoms with E-state index in [-0.39, 0.29) is 18.2 Å². The van der Waals surface area contributed by atoms with Crippen molar-refractivity contribution in [3.8, 4) is 0 Å². The monoisotopic (exact) mass is 297 g/mol. The second-order valence-electron chi connectivity index (χ2n) is 5.15. The Morgan fingerprint density at radius 3 is 2.38 bits per heavy atom. The fourth-order valence-corrected chi connectivity index (χ4v) is 2.31. The summed E-state index contributed by atoms with van der Waals surface area (Å²) in [4.78, 5) is 28.4. The Kier molecular flexibility index (Phi) is 5.30. The molecule has 1 fully saturated rings. The third kappa shape index (κ3) is 3.79. The van der Waals surface area contributed by atoms with E-state index >= 15 is 0 Å². The predicted octanol–water partition coefficient (Wildman–Crippen LogP) is 0.609. The first kappa shape index (κ1) is 15.9. The van der Waals surface area contributed by atoms with Gasteiger partial charge in [-0.05, 0) is 26.7 Å². The molecule has 0 unspecified atom stereocenters. The molecule has 7 heteroatoms. The first-order chi connectivity index (χ1) is 10.1. The molecule has 0 saturated heterocycles. The summed E-state index contributed by atoms with van der Waals surface area (Å²) in [6.07, 6.45) is 2.04. The minimum Gasteiger partial charge on any atom is -0.353 e. The average Bonchev–Trinajstić information content (AvgIpc) is 3.27. The van der Waals surface area contributed by atoms with Crippen molar-refractivity contribution in [2.45, 2.75) is 51.9 Å². The lowest BCUT2D eigenvalue weighted by Crippen LogP contribution is -2.43. The van der Waals surface area contributed by atoms with Gasteiger partial charge in [0, 0.05) is 39.1 Å². The van der Waals surface area contributed by atoms with E-state index in [0.29, 0.717) is 25.5 Å². The molecule has 1 aliphatic carbocycles. The van der Waals surface area contributed by atoms with Gasteiger partial charge in [0.2, 0.25) is 0 Å². The van der Waals surface area contributed by atoms with Crippen LogP contribution in [0, 0.1) is 0 Å². The number of rotatable bonds is 8. The lowest BCUT2D eigenvalue weighted by Gasteiger charge is -2.17. The first-order valence-corrected chi connectivity index (χ1v) is 7.49. The van der Waals surface area contributed by atoms with E-state index < -0.39 is 12.0 Å². The summed E-state index contributed by atoms with van der Waals surface area (Å²) in [5.41, 5.74) is -0.796. The minimum atomic E-state index is -0.480. The number of hydrogen-bond donors (Lipinski definition) is 0. The van der Waals surface area contributed by atoms with Crippen LogP contribution in [-0.4, -0.2) is 33.6 Å². The maximum atomic E-state index is 12.3. The van der Waals surface area contributed by atoms with Gasteiger partial charge in [-0.25, -0.2) is 14.2 Å². The fraction of sp³-hybridized carbons (Fsp3) is 0.786. The largest absolute Gasteiger partial charge is 0.353 e. The summed E-state index contributed by atoms with van der Waals surface area (Å²) in [6, 6.07) is 0. The molecule has 0 N–H and O–H groups in total. The first-order valence-electron chi connectivity index (χ1n) is 7.49. The second kappa shape index (κ2) is 7.00. The van der Waals surface area contributed by atoms with Crippen molar-refractivity contribution in [2.75, 3.05) is 13.2 Å². The number of aromatic nitrogens is 3. The molecule has 0 atom stereocenters. The van der Waals surface area contributed by atoms with Crippen LogP contribution >= 0.6 is 0 Å². The highest BCUT2D eigenvalue weighted by atomic mass is 16.7. The molecule has 0 amide bonds. The van der Waals surface area contributed by atoms with E-state index in [0.717, 1.165) is 17.4 Å². The van der Waals surface area contributed by atoms with Gasteiger partial charge in [-0.2, -0.15) is 4.98 Å². The van der Waals surface area contributed by atoms with E-state index in [1.807, 2.05) is 13.8 Å². The smallest absolute Gasteiger partial charge is 0.353 e. The lowest BCUT2D eigenvalue weighted by atomic mass is 10.4. The van der Waals surface area contributed by atoms with Crippen LogP contribution in [0.4, 0.5) is 0 Å². The third-order valence-corrected chi connectivity index (χ3v) is 3.54. The van der Waals surface area contributed by atoms with Crippen LogP contribution in [0.1, 0.15) is 44.9 Å². The zero-order chi connectivity index (χ0) is 15.4. The van der Waals surface area contributed by atoms with Crippen molar-refractivity contribution >= 4 is 0 Å². The van der Waals surface area contributed by atoms with Crippen molar-refractivity contribution in [1.82, 2.24) is 14.1 Å². The molecule has 1 aromatic rings. The van der Waals surface area contributed by atoms with Crippen molar-refractivity contribution in [3.63, 3.8) is 0 Å². The van der Waals surface area contributed by atoms with Gasteiger partial charge in [0.05, 0.1) is 0 Å². The quantitative estimate of drug-likeness (QED) is 0.657. The molecule has 0 bridgehead atoms. The number of hydrogen-bond acceptors (Lipinski definition) is 5. The maximum absolute atomic E-state index is 12.3. The van der Waals surface area contributed by atoms with Gasteiger partial charge in [-0.1, -0.05) is 0 Å². The summed E-state index contributed by atoms with van der Waals surface area (Å²) in [5, 5.41) is 0. The van der Waals surface area contributed by atoms with Crippen LogP contribution in [0.5, 0.6) is 0 Å². The normalized spacial score (nSPS) is 14.9. The van der Waals surface area contributed by atoms with Gasteiger partial charge < -0.3 is 9.47 Å². The molecule has 21 heavy (non-hydrogen) atoms. The highest BCUT2D eigenvalue weighted by Crippen LogP contribution is 2.37. The molecular weight excluding hydrogens is 274 g/mol. The average molecular weight is 297 g/mol. The van der Waals surface area contributed by atoms with Crippen molar-refractivity contribution in [1.29, 1.82) is 0 Å². The molecule has 0 radical (unpaired) electrons. The molecule has 2 rings (SSSR count). The summed E-state index contributed by atoms with van der Waals surface area (Å²) in [5.74, 6) is 0.872. The van der Waals surface area contributed by atoms with Gasteiger partial charge in [0.15, 0.2) is 6.29 Å². The Morgan fingerprint density at radius 2 is 1.86 bits per heavy atom.